The van der Waals surface area contributed by atoms with Gasteiger partial charge in [0.15, 0.2) is 5.76 Å². The van der Waals surface area contributed by atoms with E-state index in [4.69, 9.17) is 21.1 Å². The van der Waals surface area contributed by atoms with E-state index in [-0.39, 0.29) is 23.0 Å². The van der Waals surface area contributed by atoms with Crippen LogP contribution in [-0.2, 0) is 4.79 Å². The summed E-state index contributed by atoms with van der Waals surface area (Å²) in [6.45, 7) is 1.15. The van der Waals surface area contributed by atoms with Crippen molar-refractivity contribution in [2.45, 2.75) is 19.3 Å². The Morgan fingerprint density at radius 3 is 2.52 bits per heavy atom. The molecular weight excluding hydrogens is 342 g/mol. The predicted molar refractivity (Wildman–Crippen MR) is 92.5 cm³/mol. The SMILES string of the molecule is O=C(O)C1CC12CCN(C(=O)c1ccc(-c3ccccc3Cl)o1)CC2. The quantitative estimate of drug-likeness (QED) is 0.901. The fourth-order valence-corrected chi connectivity index (χ4v) is 4.05. The highest BCUT2D eigenvalue weighted by Gasteiger charge is 2.59. The van der Waals surface area contributed by atoms with Crippen molar-refractivity contribution in [3.8, 4) is 11.3 Å². The Morgan fingerprint density at radius 2 is 1.88 bits per heavy atom. The summed E-state index contributed by atoms with van der Waals surface area (Å²) in [6, 6.07) is 10.7. The largest absolute Gasteiger partial charge is 0.481 e. The highest BCUT2D eigenvalue weighted by Crippen LogP contribution is 2.59. The molecule has 1 aromatic carbocycles. The van der Waals surface area contributed by atoms with Crippen molar-refractivity contribution in [2.75, 3.05) is 13.1 Å². The summed E-state index contributed by atoms with van der Waals surface area (Å²) >= 11 is 6.17. The molecule has 2 aliphatic rings. The minimum atomic E-state index is -0.713. The Labute approximate surface area is 150 Å². The summed E-state index contributed by atoms with van der Waals surface area (Å²) in [6.07, 6.45) is 2.23. The van der Waals surface area contributed by atoms with Crippen molar-refractivity contribution in [3.05, 3.63) is 47.2 Å². The maximum atomic E-state index is 12.7. The maximum absolute atomic E-state index is 12.7. The summed E-state index contributed by atoms with van der Waals surface area (Å²) in [5.74, 6) is -0.247. The Balaban J connectivity index is 1.45. The van der Waals surface area contributed by atoms with Gasteiger partial charge in [-0.1, -0.05) is 23.7 Å². The Kier molecular flexibility index (Phi) is 3.84. The van der Waals surface area contributed by atoms with Crippen LogP contribution in [-0.4, -0.2) is 35.0 Å². The summed E-state index contributed by atoms with van der Waals surface area (Å²) in [4.78, 5) is 25.5. The molecule has 1 unspecified atom stereocenters. The zero-order valence-electron chi connectivity index (χ0n) is 13.6. The van der Waals surface area contributed by atoms with E-state index < -0.39 is 5.97 Å². The van der Waals surface area contributed by atoms with Gasteiger partial charge in [-0.2, -0.15) is 0 Å². The van der Waals surface area contributed by atoms with E-state index in [1.165, 1.54) is 0 Å². The van der Waals surface area contributed by atoms with Crippen molar-refractivity contribution >= 4 is 23.5 Å². The highest BCUT2D eigenvalue weighted by molar-refractivity contribution is 6.33. The number of likely N-dealkylation sites (tertiary alicyclic amines) is 1. The number of nitrogens with zero attached hydrogens (tertiary/aromatic N) is 1. The fourth-order valence-electron chi connectivity index (χ4n) is 3.82. The van der Waals surface area contributed by atoms with E-state index in [1.807, 2.05) is 18.2 Å². The molecule has 6 heteroatoms. The van der Waals surface area contributed by atoms with Crippen molar-refractivity contribution < 1.29 is 19.1 Å². The average Bonchev–Trinajstić information content (AvgIpc) is 3.09. The van der Waals surface area contributed by atoms with Gasteiger partial charge in [-0.15, -0.1) is 0 Å². The van der Waals surface area contributed by atoms with Crippen LogP contribution in [0.15, 0.2) is 40.8 Å². The van der Waals surface area contributed by atoms with E-state index in [9.17, 15) is 9.59 Å². The summed E-state index contributed by atoms with van der Waals surface area (Å²) in [7, 11) is 0. The number of furan rings is 1. The van der Waals surface area contributed by atoms with Gasteiger partial charge in [-0.25, -0.2) is 0 Å². The number of carbonyl (C=O) groups is 2. The smallest absolute Gasteiger partial charge is 0.307 e. The molecule has 1 saturated heterocycles. The lowest BCUT2D eigenvalue weighted by molar-refractivity contribution is -0.139. The zero-order valence-corrected chi connectivity index (χ0v) is 14.3. The number of carboxylic acids is 1. The minimum absolute atomic E-state index is 0.0888. The lowest BCUT2D eigenvalue weighted by Gasteiger charge is -2.32. The molecule has 1 saturated carbocycles. The third-order valence-electron chi connectivity index (χ3n) is 5.49. The molecule has 0 radical (unpaired) electrons. The Bertz CT molecular complexity index is 835. The van der Waals surface area contributed by atoms with Gasteiger partial charge in [0.25, 0.3) is 5.91 Å². The van der Waals surface area contributed by atoms with Crippen molar-refractivity contribution in [3.63, 3.8) is 0 Å². The van der Waals surface area contributed by atoms with Gasteiger partial charge >= 0.3 is 5.97 Å². The molecule has 2 fully saturated rings. The Morgan fingerprint density at radius 1 is 1.16 bits per heavy atom. The molecule has 1 atom stereocenters. The van der Waals surface area contributed by atoms with Crippen LogP contribution in [0.3, 0.4) is 0 Å². The fraction of sp³-hybridized carbons (Fsp3) is 0.368. The van der Waals surface area contributed by atoms with Gasteiger partial charge in [-0.3, -0.25) is 9.59 Å². The number of benzene rings is 1. The molecular formula is C19H18ClNO4. The van der Waals surface area contributed by atoms with Gasteiger partial charge in [0.1, 0.15) is 5.76 Å². The molecule has 4 rings (SSSR count). The number of rotatable bonds is 3. The second kappa shape index (κ2) is 5.92. The number of carboxylic acid groups (broad SMARTS) is 1. The van der Waals surface area contributed by atoms with Gasteiger partial charge in [0.05, 0.1) is 10.9 Å². The van der Waals surface area contributed by atoms with E-state index in [1.54, 1.807) is 23.1 Å². The third-order valence-corrected chi connectivity index (χ3v) is 5.82. The minimum Gasteiger partial charge on any atom is -0.481 e. The highest BCUT2D eigenvalue weighted by atomic mass is 35.5. The number of carbonyl (C=O) groups excluding carboxylic acids is 1. The molecule has 5 nitrogen and oxygen atoms in total. The number of amides is 1. The summed E-state index contributed by atoms with van der Waals surface area (Å²) in [5, 5.41) is 9.72. The van der Waals surface area contributed by atoms with Gasteiger partial charge in [-0.05, 0) is 48.9 Å². The van der Waals surface area contributed by atoms with E-state index in [0.29, 0.717) is 23.9 Å². The molecule has 25 heavy (non-hydrogen) atoms. The summed E-state index contributed by atoms with van der Waals surface area (Å²) in [5.41, 5.74) is 0.664. The average molecular weight is 360 g/mol. The summed E-state index contributed by atoms with van der Waals surface area (Å²) < 4.78 is 5.72. The standard InChI is InChI=1S/C19H18ClNO4/c20-14-4-2-1-3-12(14)15-5-6-16(25-15)17(22)21-9-7-19(8-10-21)11-13(19)18(23)24/h1-6,13H,7-11H2,(H,23,24). The van der Waals surface area contributed by atoms with Crippen molar-refractivity contribution in [1.82, 2.24) is 4.90 Å². The monoisotopic (exact) mass is 359 g/mol. The van der Waals surface area contributed by atoms with Crippen LogP contribution in [0.5, 0.6) is 0 Å². The molecule has 2 aromatic rings. The number of halogens is 1. The molecule has 1 aliphatic carbocycles. The van der Waals surface area contributed by atoms with Crippen molar-refractivity contribution in [2.24, 2.45) is 11.3 Å². The van der Waals surface area contributed by atoms with Crippen LogP contribution in [0, 0.1) is 11.3 Å². The molecule has 1 spiro atoms. The second-order valence-electron chi connectivity index (χ2n) is 6.89. The zero-order chi connectivity index (χ0) is 17.6. The first-order valence-electron chi connectivity index (χ1n) is 8.37. The van der Waals surface area contributed by atoms with Crippen molar-refractivity contribution in [1.29, 1.82) is 0 Å². The van der Waals surface area contributed by atoms with Crippen LogP contribution in [0.4, 0.5) is 0 Å². The van der Waals surface area contributed by atoms with Gasteiger partial charge in [0, 0.05) is 18.7 Å². The molecule has 1 aliphatic heterocycles. The van der Waals surface area contributed by atoms with Gasteiger partial charge < -0.3 is 14.4 Å². The van der Waals surface area contributed by atoms with Crippen LogP contribution < -0.4 is 0 Å². The van der Waals surface area contributed by atoms with E-state index in [2.05, 4.69) is 0 Å². The third kappa shape index (κ3) is 2.82. The number of hydrogen-bond donors (Lipinski definition) is 1. The van der Waals surface area contributed by atoms with Crippen LogP contribution >= 0.6 is 11.6 Å². The second-order valence-corrected chi connectivity index (χ2v) is 7.30. The first-order chi connectivity index (χ1) is 12.0. The normalized spacial score (nSPS) is 21.3. The maximum Gasteiger partial charge on any atom is 0.307 e. The number of piperidine rings is 1. The predicted octanol–water partition coefficient (Wildman–Crippen LogP) is 3.93. The van der Waals surface area contributed by atoms with E-state index in [0.717, 1.165) is 24.8 Å². The van der Waals surface area contributed by atoms with E-state index >= 15 is 0 Å². The van der Waals surface area contributed by atoms with Crippen LogP contribution in [0.2, 0.25) is 5.02 Å². The van der Waals surface area contributed by atoms with Crippen LogP contribution in [0.1, 0.15) is 29.8 Å². The Hall–Kier alpha value is -2.27. The number of aliphatic carboxylic acids is 1. The molecule has 1 amide bonds. The van der Waals surface area contributed by atoms with Crippen LogP contribution in [0.25, 0.3) is 11.3 Å². The topological polar surface area (TPSA) is 70.8 Å². The lowest BCUT2D eigenvalue weighted by atomic mass is 9.90. The molecule has 2 heterocycles. The molecule has 1 aromatic heterocycles. The lowest BCUT2D eigenvalue weighted by Crippen LogP contribution is -2.39. The molecule has 1 N–H and O–H groups in total. The first kappa shape index (κ1) is 16.2. The number of hydrogen-bond acceptors (Lipinski definition) is 3. The molecule has 0 bridgehead atoms. The first-order valence-corrected chi connectivity index (χ1v) is 8.75. The molecule has 130 valence electrons. The van der Waals surface area contributed by atoms with Gasteiger partial charge in [0.2, 0.25) is 0 Å².